The summed E-state index contributed by atoms with van der Waals surface area (Å²) in [5.41, 5.74) is 0. The fraction of sp³-hybridized carbons (Fsp3) is 0.938. The fourth-order valence-corrected chi connectivity index (χ4v) is 3.19. The lowest BCUT2D eigenvalue weighted by Gasteiger charge is -2.26. The van der Waals surface area contributed by atoms with Crippen LogP contribution >= 0.6 is 0 Å². The van der Waals surface area contributed by atoms with Crippen molar-refractivity contribution in [2.75, 3.05) is 12.8 Å². The van der Waals surface area contributed by atoms with Crippen LogP contribution in [0.3, 0.4) is 0 Å². The lowest BCUT2D eigenvalue weighted by molar-refractivity contribution is -0.130. The maximum atomic E-state index is 12.6. The van der Waals surface area contributed by atoms with Gasteiger partial charge in [0.1, 0.15) is 0 Å². The molecule has 1 aliphatic heterocycles. The summed E-state index contributed by atoms with van der Waals surface area (Å²) in [4.78, 5) is 14.6. The van der Waals surface area contributed by atoms with E-state index in [1.54, 1.807) is 6.26 Å². The van der Waals surface area contributed by atoms with Crippen LogP contribution in [0.15, 0.2) is 0 Å². The van der Waals surface area contributed by atoms with Crippen molar-refractivity contribution < 1.29 is 9.00 Å². The minimum absolute atomic E-state index is 0.0175. The molecule has 0 aromatic rings. The van der Waals surface area contributed by atoms with E-state index in [0.717, 1.165) is 32.1 Å². The number of rotatable bonds is 9. The van der Waals surface area contributed by atoms with E-state index in [0.29, 0.717) is 12.5 Å². The van der Waals surface area contributed by atoms with Crippen LogP contribution in [0, 0.1) is 5.92 Å². The van der Waals surface area contributed by atoms with E-state index in [9.17, 15) is 9.00 Å². The largest absolute Gasteiger partial charge is 0.326 e. The van der Waals surface area contributed by atoms with Gasteiger partial charge >= 0.3 is 0 Å². The van der Waals surface area contributed by atoms with E-state index in [4.69, 9.17) is 0 Å². The zero-order valence-electron chi connectivity index (χ0n) is 14.2. The Bertz CT molecular complexity index is 360. The van der Waals surface area contributed by atoms with E-state index >= 15 is 0 Å². The molecule has 0 radical (unpaired) electrons. The van der Waals surface area contributed by atoms with Gasteiger partial charge in [0, 0.05) is 28.9 Å². The van der Waals surface area contributed by atoms with Crippen LogP contribution in [0.5, 0.6) is 0 Å². The second-order valence-corrected chi connectivity index (χ2v) is 8.44. The van der Waals surface area contributed by atoms with Crippen LogP contribution in [0.25, 0.3) is 0 Å². The molecule has 4 unspecified atom stereocenters. The highest BCUT2D eigenvalue weighted by molar-refractivity contribution is 7.84. The number of nitrogens with zero attached hydrogens (tertiary/aromatic N) is 1. The predicted octanol–water partition coefficient (Wildman–Crippen LogP) is 2.51. The normalized spacial score (nSPS) is 25.6. The Hall–Kier alpha value is -0.420. The molecule has 0 bridgehead atoms. The molecule has 0 aromatic heterocycles. The van der Waals surface area contributed by atoms with E-state index in [-0.39, 0.29) is 23.4 Å². The van der Waals surface area contributed by atoms with Gasteiger partial charge in [0.2, 0.25) is 5.91 Å². The smallest absolute Gasteiger partial charge is 0.241 e. The van der Waals surface area contributed by atoms with E-state index in [1.165, 1.54) is 0 Å². The lowest BCUT2D eigenvalue weighted by Crippen LogP contribution is -2.40. The third-order valence-electron chi connectivity index (χ3n) is 4.24. The summed E-state index contributed by atoms with van der Waals surface area (Å²) in [6.45, 7) is 9.24. The molecule has 0 saturated carbocycles. The maximum absolute atomic E-state index is 12.6. The summed E-state index contributed by atoms with van der Waals surface area (Å²) in [7, 11) is -0.815. The number of amides is 1. The molecule has 1 saturated heterocycles. The summed E-state index contributed by atoms with van der Waals surface area (Å²) < 4.78 is 11.5. The molecule has 1 fully saturated rings. The molecular weight excluding hydrogens is 284 g/mol. The number of carbonyl (C=O) groups excluding carboxylic acids is 1. The Labute approximate surface area is 132 Å². The van der Waals surface area contributed by atoms with Crippen LogP contribution in [-0.4, -0.2) is 45.3 Å². The molecule has 0 spiro atoms. The van der Waals surface area contributed by atoms with Crippen molar-refractivity contribution in [2.24, 2.45) is 5.92 Å². The van der Waals surface area contributed by atoms with Gasteiger partial charge in [-0.05, 0) is 25.2 Å². The second-order valence-electron chi connectivity index (χ2n) is 6.64. The van der Waals surface area contributed by atoms with E-state index < -0.39 is 10.8 Å². The van der Waals surface area contributed by atoms with Crippen molar-refractivity contribution in [1.82, 2.24) is 10.2 Å². The molecule has 5 heteroatoms. The van der Waals surface area contributed by atoms with Gasteiger partial charge in [-0.15, -0.1) is 0 Å². The van der Waals surface area contributed by atoms with Crippen LogP contribution in [0.4, 0.5) is 0 Å². The first-order valence-corrected chi connectivity index (χ1v) is 9.87. The van der Waals surface area contributed by atoms with Gasteiger partial charge in [-0.1, -0.05) is 40.5 Å². The molecular formula is C16H32N2O2S. The zero-order valence-corrected chi connectivity index (χ0v) is 15.0. The summed E-state index contributed by atoms with van der Waals surface area (Å²) in [5, 5.41) is 3.66. The van der Waals surface area contributed by atoms with Crippen molar-refractivity contribution in [3.05, 3.63) is 0 Å². The number of carbonyl (C=O) groups is 1. The Morgan fingerprint density at radius 1 is 1.33 bits per heavy atom. The fourth-order valence-electron chi connectivity index (χ4n) is 2.76. The molecule has 4 nitrogen and oxygen atoms in total. The van der Waals surface area contributed by atoms with Crippen LogP contribution in [0.1, 0.15) is 59.8 Å². The van der Waals surface area contributed by atoms with Gasteiger partial charge in [-0.2, -0.15) is 0 Å². The quantitative estimate of drug-likeness (QED) is 0.711. The Kier molecular flexibility index (Phi) is 7.88. The maximum Gasteiger partial charge on any atom is 0.241 e. The molecule has 1 amide bonds. The summed E-state index contributed by atoms with van der Waals surface area (Å²) in [6.07, 6.45) is 6.81. The van der Waals surface area contributed by atoms with E-state index in [1.807, 2.05) is 11.8 Å². The van der Waals surface area contributed by atoms with Gasteiger partial charge in [-0.3, -0.25) is 14.3 Å². The molecule has 21 heavy (non-hydrogen) atoms. The molecule has 1 rings (SSSR count). The molecule has 4 atom stereocenters. The van der Waals surface area contributed by atoms with Crippen molar-refractivity contribution in [3.8, 4) is 0 Å². The SMILES string of the molecule is CCCCC1NC(CC(C)C)N(CCC(C)S(C)=O)C1=O. The average molecular weight is 317 g/mol. The molecule has 0 aromatic carbocycles. The Morgan fingerprint density at radius 3 is 2.52 bits per heavy atom. The third-order valence-corrected chi connectivity index (χ3v) is 5.60. The molecule has 1 N–H and O–H groups in total. The van der Waals surface area contributed by atoms with Crippen molar-refractivity contribution >= 4 is 16.7 Å². The van der Waals surface area contributed by atoms with Gasteiger partial charge in [0.05, 0.1) is 12.2 Å². The highest BCUT2D eigenvalue weighted by Gasteiger charge is 2.38. The third kappa shape index (κ3) is 5.70. The molecule has 1 aliphatic rings. The first-order chi connectivity index (χ1) is 9.86. The van der Waals surface area contributed by atoms with Crippen LogP contribution in [0.2, 0.25) is 0 Å². The molecule has 1 heterocycles. The first kappa shape index (κ1) is 18.6. The Balaban J connectivity index is 2.65. The molecule has 0 aliphatic carbocycles. The van der Waals surface area contributed by atoms with E-state index in [2.05, 4.69) is 26.1 Å². The highest BCUT2D eigenvalue weighted by atomic mass is 32.2. The standard InChI is InChI=1S/C16H32N2O2S/c1-6-7-8-14-16(19)18(10-9-13(4)21(5)20)15(17-14)11-12(2)3/h12-15,17H,6-11H2,1-5H3. The average Bonchev–Trinajstić information content (AvgIpc) is 2.69. The monoisotopic (exact) mass is 316 g/mol. The van der Waals surface area contributed by atoms with Crippen molar-refractivity contribution in [1.29, 1.82) is 0 Å². The van der Waals surface area contributed by atoms with Crippen LogP contribution in [-0.2, 0) is 15.6 Å². The second kappa shape index (κ2) is 8.89. The zero-order chi connectivity index (χ0) is 16.0. The predicted molar refractivity (Wildman–Crippen MR) is 89.6 cm³/mol. The van der Waals surface area contributed by atoms with Crippen molar-refractivity contribution in [2.45, 2.75) is 77.3 Å². The summed E-state index contributed by atoms with van der Waals surface area (Å²) in [5.74, 6) is 0.795. The minimum atomic E-state index is -0.815. The summed E-state index contributed by atoms with van der Waals surface area (Å²) in [6, 6.07) is -0.0175. The number of unbranched alkanes of at least 4 members (excludes halogenated alkanes) is 1. The Morgan fingerprint density at radius 2 is 2.00 bits per heavy atom. The summed E-state index contributed by atoms with van der Waals surface area (Å²) >= 11 is 0. The van der Waals surface area contributed by atoms with Gasteiger partial charge in [-0.25, -0.2) is 0 Å². The topological polar surface area (TPSA) is 49.4 Å². The number of nitrogens with one attached hydrogen (secondary N) is 1. The lowest BCUT2D eigenvalue weighted by atomic mass is 10.1. The van der Waals surface area contributed by atoms with Gasteiger partial charge < -0.3 is 4.90 Å². The van der Waals surface area contributed by atoms with Crippen LogP contribution < -0.4 is 5.32 Å². The van der Waals surface area contributed by atoms with Gasteiger partial charge in [0.25, 0.3) is 0 Å². The number of hydrogen-bond donors (Lipinski definition) is 1. The minimum Gasteiger partial charge on any atom is -0.326 e. The molecule has 124 valence electrons. The first-order valence-electron chi connectivity index (χ1n) is 8.25. The van der Waals surface area contributed by atoms with Gasteiger partial charge in [0.15, 0.2) is 0 Å². The number of hydrogen-bond acceptors (Lipinski definition) is 3. The highest BCUT2D eigenvalue weighted by Crippen LogP contribution is 2.21. The van der Waals surface area contributed by atoms with Crippen molar-refractivity contribution in [3.63, 3.8) is 0 Å².